The van der Waals surface area contributed by atoms with Crippen LogP contribution in [0.15, 0.2) is 66.9 Å². The Balaban J connectivity index is 1.26. The average molecular weight is 490 g/mol. The number of likely N-dealkylation sites (tertiary alicyclic amines) is 1. The number of aromatic nitrogens is 3. The second-order valence-electron chi connectivity index (χ2n) is 10.0. The molecule has 3 heterocycles. The van der Waals surface area contributed by atoms with Gasteiger partial charge in [0.1, 0.15) is 22.8 Å². The van der Waals surface area contributed by atoms with Crippen LogP contribution in [-0.2, 0) is 0 Å². The molecule has 1 atom stereocenters. The van der Waals surface area contributed by atoms with Crippen LogP contribution in [0.5, 0.6) is 11.5 Å². The molecule has 1 saturated heterocycles. The van der Waals surface area contributed by atoms with Crippen molar-refractivity contribution in [1.82, 2.24) is 19.7 Å². The molecule has 6 rings (SSSR count). The summed E-state index contributed by atoms with van der Waals surface area (Å²) in [6.45, 7) is 2.50. The highest BCUT2D eigenvalue weighted by Gasteiger charge is 2.45. The van der Waals surface area contributed by atoms with Crippen molar-refractivity contribution in [1.29, 1.82) is 0 Å². The lowest BCUT2D eigenvalue weighted by Gasteiger charge is -2.40. The topological polar surface area (TPSA) is 69.2 Å². The van der Waals surface area contributed by atoms with Gasteiger partial charge in [-0.15, -0.1) is 0 Å². The molecule has 2 aromatic carbocycles. The predicted molar refractivity (Wildman–Crippen MR) is 136 cm³/mol. The molecule has 2 aliphatic rings. The standard InChI is InChI=1S/C28H29F2N5O/c29-28(30)15-19(16-28)17-34-14-4-5-20(18-34)25-24-12-13-32-27(31)26(24)35(33-25)21-8-10-23(11-9-21)36-22-6-2-1-3-7-22/h1-3,6-13,19-20H,4-5,14-18H2,(H2,31,32)/t20-/m1/s1. The molecule has 1 aliphatic carbocycles. The van der Waals surface area contributed by atoms with E-state index in [0.29, 0.717) is 5.82 Å². The second-order valence-corrected chi connectivity index (χ2v) is 10.0. The molecule has 8 heteroatoms. The summed E-state index contributed by atoms with van der Waals surface area (Å²) in [5, 5.41) is 6.03. The smallest absolute Gasteiger partial charge is 0.248 e. The van der Waals surface area contributed by atoms with E-state index in [4.69, 9.17) is 15.6 Å². The van der Waals surface area contributed by atoms with E-state index < -0.39 is 5.92 Å². The number of ether oxygens (including phenoxy) is 1. The van der Waals surface area contributed by atoms with Crippen LogP contribution in [-0.4, -0.2) is 45.2 Å². The number of alkyl halides is 2. The van der Waals surface area contributed by atoms with Crippen molar-refractivity contribution in [2.24, 2.45) is 5.92 Å². The minimum atomic E-state index is -2.47. The molecule has 6 nitrogen and oxygen atoms in total. The monoisotopic (exact) mass is 489 g/mol. The highest BCUT2D eigenvalue weighted by molar-refractivity contribution is 5.91. The van der Waals surface area contributed by atoms with Gasteiger partial charge >= 0.3 is 0 Å². The first-order valence-corrected chi connectivity index (χ1v) is 12.5. The number of nitrogens with two attached hydrogens (primary N) is 1. The lowest BCUT2D eigenvalue weighted by molar-refractivity contribution is -0.117. The lowest BCUT2D eigenvalue weighted by atomic mass is 9.80. The van der Waals surface area contributed by atoms with Gasteiger partial charge in [-0.1, -0.05) is 18.2 Å². The molecule has 0 unspecified atom stereocenters. The first kappa shape index (κ1) is 22.9. The Hall–Kier alpha value is -3.52. The number of anilines is 1. The van der Waals surface area contributed by atoms with Gasteiger partial charge in [-0.05, 0) is 67.8 Å². The Bertz CT molecular complexity index is 1350. The third kappa shape index (κ3) is 4.53. The first-order valence-electron chi connectivity index (χ1n) is 12.5. The van der Waals surface area contributed by atoms with Crippen LogP contribution in [0.25, 0.3) is 16.6 Å². The Morgan fingerprint density at radius 1 is 1.00 bits per heavy atom. The Morgan fingerprint density at radius 2 is 1.75 bits per heavy atom. The van der Waals surface area contributed by atoms with Gasteiger partial charge in [0.15, 0.2) is 0 Å². The number of nitrogens with zero attached hydrogens (tertiary/aromatic N) is 4. The number of rotatable bonds is 6. The first-order chi connectivity index (χ1) is 17.4. The van der Waals surface area contributed by atoms with Crippen LogP contribution in [0.2, 0.25) is 0 Å². The number of fused-ring (bicyclic) bond motifs is 1. The molecule has 0 spiro atoms. The number of benzene rings is 2. The van der Waals surface area contributed by atoms with Crippen LogP contribution in [0.4, 0.5) is 14.6 Å². The molecule has 0 amide bonds. The molecule has 0 radical (unpaired) electrons. The Morgan fingerprint density at radius 3 is 2.50 bits per heavy atom. The van der Waals surface area contributed by atoms with Crippen molar-refractivity contribution in [3.05, 3.63) is 72.6 Å². The predicted octanol–water partition coefficient (Wildman–Crippen LogP) is 6.02. The van der Waals surface area contributed by atoms with E-state index in [1.54, 1.807) is 6.20 Å². The molecular weight excluding hydrogens is 460 g/mol. The zero-order chi connectivity index (χ0) is 24.7. The van der Waals surface area contributed by atoms with Crippen LogP contribution in [0.3, 0.4) is 0 Å². The molecular formula is C28H29F2N5O. The highest BCUT2D eigenvalue weighted by atomic mass is 19.3. The van der Waals surface area contributed by atoms with E-state index in [2.05, 4.69) is 9.88 Å². The minimum absolute atomic E-state index is 0.0118. The van der Waals surface area contributed by atoms with Gasteiger partial charge in [0.25, 0.3) is 0 Å². The number of piperidine rings is 1. The van der Waals surface area contributed by atoms with Crippen molar-refractivity contribution in [3.63, 3.8) is 0 Å². The van der Waals surface area contributed by atoms with Gasteiger partial charge < -0.3 is 15.4 Å². The third-order valence-corrected chi connectivity index (χ3v) is 7.29. The summed E-state index contributed by atoms with van der Waals surface area (Å²) in [5.74, 6) is -0.230. The maximum Gasteiger partial charge on any atom is 0.248 e. The summed E-state index contributed by atoms with van der Waals surface area (Å²) in [7, 11) is 0. The quantitative estimate of drug-likeness (QED) is 0.359. The van der Waals surface area contributed by atoms with Gasteiger partial charge in [0.05, 0.1) is 11.4 Å². The maximum absolute atomic E-state index is 13.3. The van der Waals surface area contributed by atoms with Crippen molar-refractivity contribution >= 4 is 16.7 Å². The number of halogens is 2. The van der Waals surface area contributed by atoms with E-state index >= 15 is 0 Å². The summed E-state index contributed by atoms with van der Waals surface area (Å²) < 4.78 is 34.5. The molecule has 4 aromatic rings. The molecule has 1 aliphatic heterocycles. The van der Waals surface area contributed by atoms with E-state index in [1.807, 2.05) is 65.3 Å². The van der Waals surface area contributed by atoms with Crippen LogP contribution in [0.1, 0.15) is 37.3 Å². The van der Waals surface area contributed by atoms with Gasteiger partial charge in [-0.2, -0.15) is 5.10 Å². The number of hydrogen-bond acceptors (Lipinski definition) is 5. The van der Waals surface area contributed by atoms with Crippen LogP contribution in [0, 0.1) is 5.92 Å². The Kier molecular flexibility index (Phi) is 5.84. The third-order valence-electron chi connectivity index (χ3n) is 7.29. The minimum Gasteiger partial charge on any atom is -0.457 e. The number of para-hydroxylation sites is 1. The average Bonchev–Trinajstić information content (AvgIpc) is 3.25. The van der Waals surface area contributed by atoms with E-state index in [1.165, 1.54) is 0 Å². The van der Waals surface area contributed by atoms with E-state index in [9.17, 15) is 8.78 Å². The zero-order valence-electron chi connectivity index (χ0n) is 20.0. The van der Waals surface area contributed by atoms with Gasteiger partial charge in [-0.3, -0.25) is 0 Å². The molecule has 36 heavy (non-hydrogen) atoms. The van der Waals surface area contributed by atoms with Crippen molar-refractivity contribution in [2.75, 3.05) is 25.4 Å². The molecule has 2 fully saturated rings. The van der Waals surface area contributed by atoms with Crippen LogP contribution < -0.4 is 10.5 Å². The van der Waals surface area contributed by atoms with Gasteiger partial charge in [-0.25, -0.2) is 18.4 Å². The van der Waals surface area contributed by atoms with Crippen molar-refractivity contribution in [2.45, 2.75) is 37.5 Å². The molecule has 1 saturated carbocycles. The summed E-state index contributed by atoms with van der Waals surface area (Å²) in [6.07, 6.45) is 3.78. The SMILES string of the molecule is Nc1nccc2c([C@@H]3CCCN(CC4CC(F)(F)C4)C3)nn(-c3ccc(Oc4ccccc4)cc3)c12. The zero-order valence-corrected chi connectivity index (χ0v) is 20.0. The largest absolute Gasteiger partial charge is 0.457 e. The highest BCUT2D eigenvalue weighted by Crippen LogP contribution is 2.43. The summed E-state index contributed by atoms with van der Waals surface area (Å²) >= 11 is 0. The fraction of sp³-hybridized carbons (Fsp3) is 0.357. The fourth-order valence-corrected chi connectivity index (χ4v) is 5.60. The molecule has 0 bridgehead atoms. The molecule has 186 valence electrons. The van der Waals surface area contributed by atoms with Crippen molar-refractivity contribution < 1.29 is 13.5 Å². The molecule has 2 aromatic heterocycles. The lowest BCUT2D eigenvalue weighted by Crippen LogP contribution is -2.45. The van der Waals surface area contributed by atoms with Gasteiger partial charge in [0, 0.05) is 43.4 Å². The van der Waals surface area contributed by atoms with Crippen LogP contribution >= 0.6 is 0 Å². The van der Waals surface area contributed by atoms with E-state index in [-0.39, 0.29) is 24.7 Å². The molecule has 2 N–H and O–H groups in total. The Labute approximate surface area is 208 Å². The fourth-order valence-electron chi connectivity index (χ4n) is 5.60. The van der Waals surface area contributed by atoms with Gasteiger partial charge in [0.2, 0.25) is 5.92 Å². The normalized spacial score (nSPS) is 20.3. The van der Waals surface area contributed by atoms with Crippen molar-refractivity contribution in [3.8, 4) is 17.2 Å². The summed E-state index contributed by atoms with van der Waals surface area (Å²) in [4.78, 5) is 6.66. The number of hydrogen-bond donors (Lipinski definition) is 1. The second kappa shape index (κ2) is 9.17. The maximum atomic E-state index is 13.3. The summed E-state index contributed by atoms with van der Waals surface area (Å²) in [5.41, 5.74) is 8.99. The number of pyridine rings is 1. The van der Waals surface area contributed by atoms with E-state index in [0.717, 1.165) is 66.3 Å². The summed E-state index contributed by atoms with van der Waals surface area (Å²) in [6, 6.07) is 19.4. The number of nitrogen functional groups attached to an aromatic ring is 1.